The van der Waals surface area contributed by atoms with Crippen LogP contribution in [0.15, 0.2) is 60.7 Å². The fraction of sp³-hybridized carbons (Fsp3) is 0.259. The molecule has 3 heterocycles. The van der Waals surface area contributed by atoms with Gasteiger partial charge in [0.25, 0.3) is 0 Å². The highest BCUT2D eigenvalue weighted by Gasteiger charge is 2.17. The van der Waals surface area contributed by atoms with Gasteiger partial charge < -0.3 is 19.4 Å². The summed E-state index contributed by atoms with van der Waals surface area (Å²) in [4.78, 5) is 13.2. The van der Waals surface area contributed by atoms with Crippen LogP contribution < -0.4 is 9.47 Å². The Bertz CT molecular complexity index is 1480. The predicted molar refractivity (Wildman–Crippen MR) is 137 cm³/mol. The van der Waals surface area contributed by atoms with Gasteiger partial charge >= 0.3 is 0 Å². The lowest BCUT2D eigenvalue weighted by molar-refractivity contribution is 0.148. The average Bonchev–Trinajstić information content (AvgIpc) is 3.49. The van der Waals surface area contributed by atoms with Crippen LogP contribution in [0.25, 0.3) is 33.5 Å². The highest BCUT2D eigenvalue weighted by molar-refractivity contribution is 5.94. The van der Waals surface area contributed by atoms with E-state index in [1.54, 1.807) is 7.11 Å². The molecule has 2 N–H and O–H groups in total. The Morgan fingerprint density at radius 3 is 2.57 bits per heavy atom. The molecule has 178 valence electrons. The average molecular weight is 469 g/mol. The minimum atomic E-state index is 0.663. The van der Waals surface area contributed by atoms with E-state index >= 15 is 0 Å². The predicted octanol–water partition coefficient (Wildman–Crippen LogP) is 4.65. The van der Waals surface area contributed by atoms with Crippen LogP contribution in [-0.2, 0) is 6.54 Å². The molecule has 35 heavy (non-hydrogen) atoms. The number of fused-ring (bicyclic) bond motifs is 2. The van der Waals surface area contributed by atoms with Gasteiger partial charge in [0.15, 0.2) is 17.3 Å². The number of rotatable bonds is 6. The fourth-order valence-electron chi connectivity index (χ4n) is 4.60. The van der Waals surface area contributed by atoms with Gasteiger partial charge in [0.05, 0.1) is 23.7 Å². The first-order valence-electron chi connectivity index (χ1n) is 11.9. The summed E-state index contributed by atoms with van der Waals surface area (Å²) in [5.74, 6) is 2.79. The van der Waals surface area contributed by atoms with Crippen molar-refractivity contribution in [2.24, 2.45) is 0 Å². The molecule has 3 aromatic carbocycles. The maximum atomic E-state index is 6.12. The van der Waals surface area contributed by atoms with Crippen molar-refractivity contribution in [3.63, 3.8) is 0 Å². The largest absolute Gasteiger partial charge is 0.493 e. The van der Waals surface area contributed by atoms with E-state index in [1.165, 1.54) is 5.56 Å². The Morgan fingerprint density at radius 1 is 0.914 bits per heavy atom. The van der Waals surface area contributed by atoms with E-state index in [-0.39, 0.29) is 0 Å². The first-order chi connectivity index (χ1) is 17.2. The van der Waals surface area contributed by atoms with Gasteiger partial charge in [-0.15, -0.1) is 0 Å². The van der Waals surface area contributed by atoms with E-state index in [4.69, 9.17) is 14.5 Å². The molecule has 8 heteroatoms. The normalized spacial score (nSPS) is 15.1. The van der Waals surface area contributed by atoms with Crippen molar-refractivity contribution in [2.45, 2.75) is 6.54 Å². The second-order valence-electron chi connectivity index (χ2n) is 9.05. The Balaban J connectivity index is 1.28. The summed E-state index contributed by atoms with van der Waals surface area (Å²) in [7, 11) is 3.82. The Hall–Kier alpha value is -3.88. The molecule has 2 aromatic heterocycles. The molecule has 0 aliphatic carbocycles. The van der Waals surface area contributed by atoms with Gasteiger partial charge in [-0.1, -0.05) is 18.2 Å². The number of nitrogens with zero attached hydrogens (tertiary/aromatic N) is 4. The third-order valence-electron chi connectivity index (χ3n) is 6.60. The molecule has 0 spiro atoms. The summed E-state index contributed by atoms with van der Waals surface area (Å²) in [5, 5.41) is 8.61. The molecule has 0 saturated carbocycles. The smallest absolute Gasteiger partial charge is 0.169 e. The van der Waals surface area contributed by atoms with Gasteiger partial charge in [-0.05, 0) is 55.1 Å². The van der Waals surface area contributed by atoms with Crippen molar-refractivity contribution >= 4 is 21.9 Å². The number of para-hydroxylation sites is 2. The summed E-state index contributed by atoms with van der Waals surface area (Å²) in [6.07, 6.45) is 0. The molecule has 0 atom stereocenters. The van der Waals surface area contributed by atoms with Crippen LogP contribution in [0, 0.1) is 0 Å². The number of H-pyrrole nitrogens is 2. The molecule has 5 aromatic rings. The minimum absolute atomic E-state index is 0.663. The van der Waals surface area contributed by atoms with E-state index in [9.17, 15) is 0 Å². The molecule has 1 aliphatic rings. The number of methoxy groups -OCH3 is 1. The van der Waals surface area contributed by atoms with E-state index in [0.717, 1.165) is 66.2 Å². The van der Waals surface area contributed by atoms with Gasteiger partial charge in [0, 0.05) is 38.1 Å². The third kappa shape index (κ3) is 4.34. The number of likely N-dealkylation sites (N-methyl/N-ethyl adjacent to an activating group) is 1. The lowest BCUT2D eigenvalue weighted by Crippen LogP contribution is -2.43. The van der Waals surface area contributed by atoms with Crippen molar-refractivity contribution in [1.29, 1.82) is 0 Å². The van der Waals surface area contributed by atoms with Gasteiger partial charge in [-0.25, -0.2) is 4.98 Å². The second kappa shape index (κ2) is 9.05. The minimum Gasteiger partial charge on any atom is -0.493 e. The number of aromatic amines is 2. The zero-order chi connectivity index (χ0) is 23.8. The lowest BCUT2D eigenvalue weighted by atomic mass is 10.1. The fourth-order valence-corrected chi connectivity index (χ4v) is 4.60. The topological polar surface area (TPSA) is 82.3 Å². The molecular weight excluding hydrogens is 440 g/mol. The third-order valence-corrected chi connectivity index (χ3v) is 6.60. The van der Waals surface area contributed by atoms with Crippen LogP contribution in [0.4, 0.5) is 0 Å². The molecule has 1 fully saturated rings. The van der Waals surface area contributed by atoms with Gasteiger partial charge in [-0.3, -0.25) is 10.00 Å². The molecule has 8 nitrogen and oxygen atoms in total. The van der Waals surface area contributed by atoms with E-state index < -0.39 is 0 Å². The van der Waals surface area contributed by atoms with Crippen LogP contribution in [0.5, 0.6) is 17.2 Å². The van der Waals surface area contributed by atoms with Gasteiger partial charge in [0.1, 0.15) is 11.4 Å². The molecule has 0 radical (unpaired) electrons. The molecule has 0 bridgehead atoms. The first kappa shape index (κ1) is 21.6. The summed E-state index contributed by atoms with van der Waals surface area (Å²) in [6, 6.07) is 19.9. The van der Waals surface area contributed by atoms with Crippen molar-refractivity contribution in [3.05, 3.63) is 66.2 Å². The number of piperazine rings is 1. The summed E-state index contributed by atoms with van der Waals surface area (Å²) in [6.45, 7) is 5.38. The number of imidazole rings is 1. The zero-order valence-electron chi connectivity index (χ0n) is 19.9. The van der Waals surface area contributed by atoms with Crippen molar-refractivity contribution < 1.29 is 9.47 Å². The molecule has 1 saturated heterocycles. The highest BCUT2D eigenvalue weighted by atomic mass is 16.5. The van der Waals surface area contributed by atoms with Gasteiger partial charge in [-0.2, -0.15) is 5.10 Å². The summed E-state index contributed by atoms with van der Waals surface area (Å²) < 4.78 is 11.5. The Kier molecular flexibility index (Phi) is 5.60. The van der Waals surface area contributed by atoms with E-state index in [2.05, 4.69) is 50.2 Å². The first-order valence-corrected chi connectivity index (χ1v) is 11.9. The number of ether oxygens (including phenoxy) is 2. The molecular formula is C27H28N6O2. The SMILES string of the molecule is COc1ccccc1Oc1ccc2[nH]nc(-c3nc4ccc(CN5CCN(C)CC5)cc4[nH]3)c2c1. The molecule has 1 aliphatic heterocycles. The monoisotopic (exact) mass is 468 g/mol. The van der Waals surface area contributed by atoms with Gasteiger partial charge in [0.2, 0.25) is 0 Å². The summed E-state index contributed by atoms with van der Waals surface area (Å²) in [5.41, 5.74) is 4.92. The molecule has 0 unspecified atom stereocenters. The standard InChI is InChI=1S/C27H28N6O2/c1-32-11-13-33(14-12-32)17-18-7-9-22-23(15-18)29-27(28-22)26-20-16-19(8-10-21(20)30-31-26)35-25-6-4-3-5-24(25)34-2/h3-10,15-16H,11-14,17H2,1-2H3,(H,28,29)(H,30,31). The highest BCUT2D eigenvalue weighted by Crippen LogP contribution is 2.34. The number of benzene rings is 3. The maximum absolute atomic E-state index is 6.12. The lowest BCUT2D eigenvalue weighted by Gasteiger charge is -2.32. The van der Waals surface area contributed by atoms with Crippen LogP contribution in [-0.4, -0.2) is 70.3 Å². The quantitative estimate of drug-likeness (QED) is 0.377. The maximum Gasteiger partial charge on any atom is 0.169 e. The van der Waals surface area contributed by atoms with Crippen molar-refractivity contribution in [2.75, 3.05) is 40.3 Å². The van der Waals surface area contributed by atoms with Crippen LogP contribution >= 0.6 is 0 Å². The zero-order valence-corrected chi connectivity index (χ0v) is 19.9. The molecule has 6 rings (SSSR count). The van der Waals surface area contributed by atoms with Crippen LogP contribution in [0.1, 0.15) is 5.56 Å². The van der Waals surface area contributed by atoms with Crippen molar-refractivity contribution in [1.82, 2.24) is 30.0 Å². The molecule has 0 amide bonds. The number of aromatic nitrogens is 4. The van der Waals surface area contributed by atoms with Crippen LogP contribution in [0.2, 0.25) is 0 Å². The van der Waals surface area contributed by atoms with Crippen LogP contribution in [0.3, 0.4) is 0 Å². The van der Waals surface area contributed by atoms with Crippen molar-refractivity contribution in [3.8, 4) is 28.8 Å². The summed E-state index contributed by atoms with van der Waals surface area (Å²) >= 11 is 0. The Labute approximate surface area is 203 Å². The van der Waals surface area contributed by atoms with E-state index in [0.29, 0.717) is 17.2 Å². The second-order valence-corrected chi connectivity index (χ2v) is 9.05. The Morgan fingerprint density at radius 2 is 1.74 bits per heavy atom. The van der Waals surface area contributed by atoms with E-state index in [1.807, 2.05) is 42.5 Å². The number of hydrogen-bond acceptors (Lipinski definition) is 6. The number of nitrogens with one attached hydrogen (secondary N) is 2. The number of hydrogen-bond donors (Lipinski definition) is 2.